The molecule has 0 bridgehead atoms. The minimum absolute atomic E-state index is 0.0395. The van der Waals surface area contributed by atoms with E-state index in [1.807, 2.05) is 19.2 Å². The van der Waals surface area contributed by atoms with Crippen LogP contribution < -0.4 is 5.32 Å². The van der Waals surface area contributed by atoms with Gasteiger partial charge in [0.25, 0.3) is 0 Å². The number of aromatic amines is 1. The Bertz CT molecular complexity index is 1090. The zero-order chi connectivity index (χ0) is 21.4. The summed E-state index contributed by atoms with van der Waals surface area (Å²) in [5.41, 5.74) is 8.53. The minimum atomic E-state index is 0.0395. The Labute approximate surface area is 189 Å². The van der Waals surface area contributed by atoms with Crippen LogP contribution >= 0.6 is 11.6 Å². The van der Waals surface area contributed by atoms with Gasteiger partial charge in [0.2, 0.25) is 0 Å². The van der Waals surface area contributed by atoms with Crippen LogP contribution in [0.2, 0.25) is 5.02 Å². The lowest BCUT2D eigenvalue weighted by Gasteiger charge is -2.40. The molecular formula is C26H29ClN4. The van der Waals surface area contributed by atoms with Crippen LogP contribution in [0.3, 0.4) is 0 Å². The number of rotatable bonds is 5. The number of nitrogens with zero attached hydrogens (tertiary/aromatic N) is 2. The Balaban J connectivity index is 1.15. The maximum Gasteiger partial charge on any atom is 0.0669 e. The highest BCUT2D eigenvalue weighted by Crippen LogP contribution is 2.50. The van der Waals surface area contributed by atoms with E-state index in [1.165, 1.54) is 34.4 Å². The Morgan fingerprint density at radius 1 is 1.13 bits per heavy atom. The van der Waals surface area contributed by atoms with Gasteiger partial charge in [-0.05, 0) is 87.1 Å². The topological polar surface area (TPSA) is 44.0 Å². The minimum Gasteiger partial charge on any atom is -0.358 e. The fourth-order valence-electron chi connectivity index (χ4n) is 5.20. The van der Waals surface area contributed by atoms with Crippen molar-refractivity contribution in [2.75, 3.05) is 25.0 Å². The van der Waals surface area contributed by atoms with Gasteiger partial charge >= 0.3 is 0 Å². The second kappa shape index (κ2) is 8.18. The van der Waals surface area contributed by atoms with Crippen molar-refractivity contribution < 1.29 is 0 Å². The van der Waals surface area contributed by atoms with Crippen molar-refractivity contribution in [1.82, 2.24) is 15.1 Å². The van der Waals surface area contributed by atoms with Crippen molar-refractivity contribution in [3.63, 3.8) is 0 Å². The number of piperidine rings is 1. The monoisotopic (exact) mass is 432 g/mol. The molecule has 3 heterocycles. The largest absolute Gasteiger partial charge is 0.358 e. The first kappa shape index (κ1) is 20.3. The number of hydrogen-bond donors (Lipinski definition) is 2. The fraction of sp³-hybridized carbons (Fsp3) is 0.346. The number of H-pyrrole nitrogens is 1. The van der Waals surface area contributed by atoms with Crippen LogP contribution in [0.25, 0.3) is 11.1 Å². The normalized spacial score (nSPS) is 17.7. The highest BCUT2D eigenvalue weighted by molar-refractivity contribution is 6.30. The van der Waals surface area contributed by atoms with Crippen LogP contribution in [0.1, 0.15) is 36.1 Å². The van der Waals surface area contributed by atoms with Crippen LogP contribution in [0, 0.1) is 6.92 Å². The zero-order valence-corrected chi connectivity index (χ0v) is 18.8. The molecule has 0 aliphatic carbocycles. The van der Waals surface area contributed by atoms with Crippen molar-refractivity contribution in [3.8, 4) is 11.1 Å². The van der Waals surface area contributed by atoms with Crippen molar-refractivity contribution in [3.05, 3.63) is 82.8 Å². The number of hydrogen-bond acceptors (Lipinski definition) is 3. The lowest BCUT2D eigenvalue weighted by molar-refractivity contribution is 0.179. The molecular weight excluding hydrogens is 404 g/mol. The molecule has 0 saturated carbocycles. The van der Waals surface area contributed by atoms with Gasteiger partial charge in [0, 0.05) is 33.6 Å². The van der Waals surface area contributed by atoms with Gasteiger partial charge in [-0.2, -0.15) is 5.10 Å². The third-order valence-electron chi connectivity index (χ3n) is 7.11. The van der Waals surface area contributed by atoms with E-state index in [2.05, 4.69) is 63.4 Å². The number of benzene rings is 2. The van der Waals surface area contributed by atoms with Crippen LogP contribution in [0.15, 0.2) is 60.9 Å². The Kier molecular flexibility index (Phi) is 5.37. The average molecular weight is 433 g/mol. The van der Waals surface area contributed by atoms with Crippen molar-refractivity contribution >= 4 is 17.3 Å². The molecule has 1 saturated heterocycles. The van der Waals surface area contributed by atoms with Crippen LogP contribution in [-0.2, 0) is 11.8 Å². The van der Waals surface area contributed by atoms with Gasteiger partial charge in [0.05, 0.1) is 5.69 Å². The molecule has 0 amide bonds. The number of allylic oxidation sites excluding steroid dienone is 1. The summed E-state index contributed by atoms with van der Waals surface area (Å²) in [4.78, 5) is 2.60. The molecule has 5 rings (SSSR count). The molecule has 31 heavy (non-hydrogen) atoms. The number of aromatic nitrogens is 2. The van der Waals surface area contributed by atoms with Crippen LogP contribution in [0.4, 0.5) is 5.69 Å². The zero-order valence-electron chi connectivity index (χ0n) is 18.0. The lowest BCUT2D eigenvalue weighted by Crippen LogP contribution is -2.43. The molecule has 0 unspecified atom stereocenters. The van der Waals surface area contributed by atoms with E-state index in [-0.39, 0.29) is 5.41 Å². The van der Waals surface area contributed by atoms with Crippen molar-refractivity contribution in [1.29, 1.82) is 0 Å². The average Bonchev–Trinajstić information content (AvgIpc) is 3.32. The standard InChI is InChI=1S/C26H29ClN4/c1-18-23(17-28-30-18)21-7-5-20(6-8-21)4-3-13-31-14-11-26(12-15-31)19(2)29-25-10-9-22(27)16-24(25)26/h5-10,16-17,29H,2-4,11-15H2,1H3,(H,28,30). The molecule has 160 valence electrons. The Morgan fingerprint density at radius 2 is 1.90 bits per heavy atom. The van der Waals surface area contributed by atoms with Gasteiger partial charge in [-0.15, -0.1) is 0 Å². The van der Waals surface area contributed by atoms with E-state index < -0.39 is 0 Å². The van der Waals surface area contributed by atoms with Gasteiger partial charge in [-0.1, -0.05) is 42.4 Å². The van der Waals surface area contributed by atoms with Crippen LogP contribution in [0.5, 0.6) is 0 Å². The molecule has 1 spiro atoms. The smallest absolute Gasteiger partial charge is 0.0669 e. The number of nitrogens with one attached hydrogen (secondary N) is 2. The molecule has 1 aromatic heterocycles. The predicted octanol–water partition coefficient (Wildman–Crippen LogP) is 5.94. The molecule has 3 aromatic rings. The van der Waals surface area contributed by atoms with Gasteiger partial charge < -0.3 is 10.2 Å². The van der Waals surface area contributed by atoms with Crippen LogP contribution in [-0.4, -0.2) is 34.7 Å². The molecule has 0 radical (unpaired) electrons. The SMILES string of the molecule is C=C1Nc2ccc(Cl)cc2C12CCN(CCCc1ccc(-c3c[nH]nc3C)cc1)CC2. The first-order valence-electron chi connectivity index (χ1n) is 11.1. The number of halogens is 1. The summed E-state index contributed by atoms with van der Waals surface area (Å²) in [6.45, 7) is 9.73. The van der Waals surface area contributed by atoms with E-state index in [4.69, 9.17) is 11.6 Å². The highest BCUT2D eigenvalue weighted by atomic mass is 35.5. The Hall–Kier alpha value is -2.56. The third kappa shape index (κ3) is 3.79. The maximum absolute atomic E-state index is 6.30. The second-order valence-electron chi connectivity index (χ2n) is 8.90. The number of likely N-dealkylation sites (tertiary alicyclic amines) is 1. The summed E-state index contributed by atoms with van der Waals surface area (Å²) < 4.78 is 0. The molecule has 2 aliphatic rings. The third-order valence-corrected chi connectivity index (χ3v) is 7.34. The highest BCUT2D eigenvalue weighted by Gasteiger charge is 2.44. The van der Waals surface area contributed by atoms with Gasteiger partial charge in [0.15, 0.2) is 0 Å². The maximum atomic E-state index is 6.30. The summed E-state index contributed by atoms with van der Waals surface area (Å²) in [5.74, 6) is 0. The molecule has 2 aromatic carbocycles. The summed E-state index contributed by atoms with van der Waals surface area (Å²) in [5, 5.41) is 11.5. The van der Waals surface area contributed by atoms with E-state index in [0.29, 0.717) is 0 Å². The van der Waals surface area contributed by atoms with E-state index in [9.17, 15) is 0 Å². The quantitative estimate of drug-likeness (QED) is 0.524. The Morgan fingerprint density at radius 3 is 2.61 bits per heavy atom. The number of anilines is 1. The molecule has 2 N–H and O–H groups in total. The first-order valence-corrected chi connectivity index (χ1v) is 11.5. The van der Waals surface area contributed by atoms with E-state index in [1.54, 1.807) is 0 Å². The van der Waals surface area contributed by atoms with Gasteiger partial charge in [0.1, 0.15) is 0 Å². The molecule has 1 fully saturated rings. The van der Waals surface area contributed by atoms with E-state index in [0.717, 1.165) is 55.3 Å². The number of aryl methyl sites for hydroxylation is 2. The van der Waals surface area contributed by atoms with Crippen molar-refractivity contribution in [2.24, 2.45) is 0 Å². The summed E-state index contributed by atoms with van der Waals surface area (Å²) in [7, 11) is 0. The molecule has 0 atom stereocenters. The summed E-state index contributed by atoms with van der Waals surface area (Å²) >= 11 is 6.30. The molecule has 5 heteroatoms. The van der Waals surface area contributed by atoms with Gasteiger partial charge in [-0.25, -0.2) is 0 Å². The lowest BCUT2D eigenvalue weighted by atomic mass is 9.72. The molecule has 4 nitrogen and oxygen atoms in total. The summed E-state index contributed by atoms with van der Waals surface area (Å²) in [6, 6.07) is 15.1. The number of fused-ring (bicyclic) bond motifs is 2. The van der Waals surface area contributed by atoms with E-state index >= 15 is 0 Å². The second-order valence-corrected chi connectivity index (χ2v) is 9.34. The summed E-state index contributed by atoms with van der Waals surface area (Å²) in [6.07, 6.45) is 6.46. The van der Waals surface area contributed by atoms with Gasteiger partial charge in [-0.3, -0.25) is 5.10 Å². The van der Waals surface area contributed by atoms with Crippen molar-refractivity contribution in [2.45, 2.75) is 38.0 Å². The predicted molar refractivity (Wildman–Crippen MR) is 129 cm³/mol. The first-order chi connectivity index (χ1) is 15.0. The molecule has 2 aliphatic heterocycles. The fourth-order valence-corrected chi connectivity index (χ4v) is 5.38.